The molecule has 0 atom stereocenters. The molecule has 3 rings (SSSR count). The fraction of sp³-hybridized carbons (Fsp3) is 0.240. The Morgan fingerprint density at radius 1 is 1.22 bits per heavy atom. The summed E-state index contributed by atoms with van der Waals surface area (Å²) in [5, 5.41) is 16.8. The first-order valence-electron chi connectivity index (χ1n) is 10.8. The lowest BCUT2D eigenvalue weighted by molar-refractivity contribution is -0.137. The van der Waals surface area contributed by atoms with E-state index in [0.717, 1.165) is 29.4 Å². The van der Waals surface area contributed by atoms with Crippen LogP contribution in [-0.2, 0) is 18.6 Å². The van der Waals surface area contributed by atoms with Gasteiger partial charge in [0, 0.05) is 35.8 Å². The molecule has 8 nitrogen and oxygen atoms in total. The van der Waals surface area contributed by atoms with Crippen LogP contribution in [0, 0.1) is 18.3 Å². The zero-order valence-corrected chi connectivity index (χ0v) is 20.2. The number of nitriles is 1. The summed E-state index contributed by atoms with van der Waals surface area (Å²) >= 11 is 0. The molecule has 0 saturated heterocycles. The molecule has 2 aromatic carbocycles. The van der Waals surface area contributed by atoms with Gasteiger partial charge in [0.1, 0.15) is 0 Å². The van der Waals surface area contributed by atoms with Crippen molar-refractivity contribution in [3.05, 3.63) is 82.8 Å². The zero-order valence-electron chi connectivity index (χ0n) is 20.2. The normalized spacial score (nSPS) is 12.2. The monoisotopic (exact) mass is 497 g/mol. The van der Waals surface area contributed by atoms with Crippen molar-refractivity contribution >= 4 is 23.0 Å². The summed E-state index contributed by atoms with van der Waals surface area (Å²) < 4.78 is 42.8. The number of carbonyl (C=O) groups excluding carboxylic acids is 1. The topological polar surface area (TPSA) is 126 Å². The van der Waals surface area contributed by atoms with Crippen molar-refractivity contribution in [2.75, 3.05) is 10.3 Å². The minimum absolute atomic E-state index is 0.0528. The Kier molecular flexibility index (Phi) is 7.13. The first-order valence-corrected chi connectivity index (χ1v) is 10.8. The van der Waals surface area contributed by atoms with Crippen LogP contribution in [-0.4, -0.2) is 15.7 Å². The van der Waals surface area contributed by atoms with Gasteiger partial charge in [0.05, 0.1) is 34.6 Å². The van der Waals surface area contributed by atoms with Gasteiger partial charge in [-0.2, -0.15) is 23.5 Å². The van der Waals surface area contributed by atoms with E-state index in [-0.39, 0.29) is 11.3 Å². The van der Waals surface area contributed by atoms with Crippen LogP contribution < -0.4 is 21.9 Å². The van der Waals surface area contributed by atoms with Crippen molar-refractivity contribution in [1.82, 2.24) is 9.78 Å². The minimum Gasteiger partial charge on any atom is -0.397 e. The van der Waals surface area contributed by atoms with Gasteiger partial charge in [0.25, 0.3) is 5.91 Å². The Balaban J connectivity index is 1.97. The number of hydrogen-bond donors (Lipinski definition) is 3. The van der Waals surface area contributed by atoms with Gasteiger partial charge in [-0.1, -0.05) is 12.1 Å². The number of carbonyl (C=O) groups is 1. The fourth-order valence-corrected chi connectivity index (χ4v) is 3.45. The molecule has 36 heavy (non-hydrogen) atoms. The summed E-state index contributed by atoms with van der Waals surface area (Å²) in [6.45, 7) is 5.22. The Labute approximate surface area is 206 Å². The second-order valence-corrected chi connectivity index (χ2v) is 8.76. The molecule has 0 bridgehead atoms. The van der Waals surface area contributed by atoms with Crippen LogP contribution in [0.4, 0.5) is 24.5 Å². The van der Waals surface area contributed by atoms with E-state index >= 15 is 0 Å². The van der Waals surface area contributed by atoms with E-state index in [1.165, 1.54) is 6.20 Å². The van der Waals surface area contributed by atoms with Gasteiger partial charge in [-0.15, -0.1) is 0 Å². The molecule has 0 aliphatic rings. The number of hydrazine groups is 1. The standard InChI is InChI=1S/C25H26F3N7O/c1-15-19(12-32-34(15)4)21(30)13-35(31)22-10-16(8-9-20(22)25(26,27)28)23(36)33-18-7-5-6-17(11-18)24(2,3)14-29/h5-13H,30-31H2,1-4H3,(H,33,36)/b21-13-. The number of hydrogen-bond acceptors (Lipinski definition) is 6. The first-order chi connectivity index (χ1) is 16.7. The molecule has 3 aromatic rings. The van der Waals surface area contributed by atoms with Crippen molar-refractivity contribution in [3.8, 4) is 6.07 Å². The van der Waals surface area contributed by atoms with Crippen LogP contribution in [0.5, 0.6) is 0 Å². The van der Waals surface area contributed by atoms with Crippen molar-refractivity contribution in [2.45, 2.75) is 32.4 Å². The van der Waals surface area contributed by atoms with Gasteiger partial charge in [-0.25, -0.2) is 5.84 Å². The number of anilines is 2. The zero-order chi connectivity index (χ0) is 26.8. The maximum Gasteiger partial charge on any atom is 0.418 e. The summed E-state index contributed by atoms with van der Waals surface area (Å²) in [5.74, 6) is 5.33. The Morgan fingerprint density at radius 3 is 2.50 bits per heavy atom. The van der Waals surface area contributed by atoms with Gasteiger partial charge in [-0.3, -0.25) is 14.5 Å². The summed E-state index contributed by atoms with van der Waals surface area (Å²) in [6, 6.07) is 11.8. The molecule has 188 valence electrons. The van der Waals surface area contributed by atoms with Gasteiger partial charge < -0.3 is 11.1 Å². The molecule has 0 unspecified atom stereocenters. The van der Waals surface area contributed by atoms with E-state index < -0.39 is 28.7 Å². The van der Waals surface area contributed by atoms with Crippen LogP contribution in [0.1, 0.15) is 46.6 Å². The average Bonchev–Trinajstić information content (AvgIpc) is 3.16. The molecule has 0 saturated carbocycles. The molecular formula is C25H26F3N7O. The average molecular weight is 498 g/mol. The largest absolute Gasteiger partial charge is 0.418 e. The number of benzene rings is 2. The molecule has 0 spiro atoms. The van der Waals surface area contributed by atoms with Crippen LogP contribution >= 0.6 is 0 Å². The van der Waals surface area contributed by atoms with Gasteiger partial charge in [0.2, 0.25) is 0 Å². The maximum atomic E-state index is 13.7. The molecule has 0 fully saturated rings. The highest BCUT2D eigenvalue weighted by Crippen LogP contribution is 2.37. The highest BCUT2D eigenvalue weighted by Gasteiger charge is 2.35. The smallest absolute Gasteiger partial charge is 0.397 e. The number of aryl methyl sites for hydroxylation is 1. The Hall–Kier alpha value is -4.30. The number of alkyl halides is 3. The molecule has 1 amide bonds. The lowest BCUT2D eigenvalue weighted by Gasteiger charge is -2.21. The van der Waals surface area contributed by atoms with Gasteiger partial charge in [0.15, 0.2) is 0 Å². The number of amides is 1. The van der Waals surface area contributed by atoms with Crippen LogP contribution in [0.3, 0.4) is 0 Å². The fourth-order valence-electron chi connectivity index (χ4n) is 3.45. The molecule has 0 radical (unpaired) electrons. The van der Waals surface area contributed by atoms with E-state index in [0.29, 0.717) is 22.5 Å². The van der Waals surface area contributed by atoms with E-state index in [4.69, 9.17) is 11.6 Å². The van der Waals surface area contributed by atoms with Crippen LogP contribution in [0.15, 0.2) is 54.9 Å². The van der Waals surface area contributed by atoms with Crippen LogP contribution in [0.2, 0.25) is 0 Å². The molecular weight excluding hydrogens is 471 g/mol. The number of rotatable bonds is 6. The molecule has 11 heteroatoms. The predicted molar refractivity (Wildman–Crippen MR) is 131 cm³/mol. The van der Waals surface area contributed by atoms with E-state index in [1.807, 2.05) is 0 Å². The Morgan fingerprint density at radius 2 is 1.92 bits per heavy atom. The first kappa shape index (κ1) is 26.3. The lowest BCUT2D eigenvalue weighted by atomic mass is 9.86. The van der Waals surface area contributed by atoms with Gasteiger partial charge in [-0.05, 0) is 56.7 Å². The second-order valence-electron chi connectivity index (χ2n) is 8.76. The second kappa shape index (κ2) is 9.75. The highest BCUT2D eigenvalue weighted by molar-refractivity contribution is 6.05. The minimum atomic E-state index is -4.73. The summed E-state index contributed by atoms with van der Waals surface area (Å²) in [7, 11) is 1.70. The third-order valence-corrected chi connectivity index (χ3v) is 5.79. The number of nitrogens with one attached hydrogen (secondary N) is 1. The van der Waals surface area contributed by atoms with E-state index in [2.05, 4.69) is 16.5 Å². The third kappa shape index (κ3) is 5.50. The van der Waals surface area contributed by atoms with Crippen LogP contribution in [0.25, 0.3) is 5.70 Å². The number of nitrogens with zero attached hydrogens (tertiary/aromatic N) is 4. The summed E-state index contributed by atoms with van der Waals surface area (Å²) in [6.07, 6.45) is -2.11. The molecule has 0 aliphatic heterocycles. The van der Waals surface area contributed by atoms with Crippen molar-refractivity contribution in [3.63, 3.8) is 0 Å². The van der Waals surface area contributed by atoms with E-state index in [9.17, 15) is 23.2 Å². The SMILES string of the molecule is Cc1c(/C(N)=C/N(N)c2cc(C(=O)Nc3cccc(C(C)(C)C#N)c3)ccc2C(F)(F)F)cnn1C. The third-order valence-electron chi connectivity index (χ3n) is 5.79. The summed E-state index contributed by atoms with van der Waals surface area (Å²) in [5.41, 5.74) is 6.11. The number of nitrogens with two attached hydrogens (primary N) is 2. The molecule has 5 N–H and O–H groups in total. The summed E-state index contributed by atoms with van der Waals surface area (Å²) in [4.78, 5) is 12.9. The quantitative estimate of drug-likeness (QED) is 0.342. The predicted octanol–water partition coefficient (Wildman–Crippen LogP) is 4.44. The number of halogens is 3. The van der Waals surface area contributed by atoms with Crippen molar-refractivity contribution < 1.29 is 18.0 Å². The maximum absolute atomic E-state index is 13.7. The van der Waals surface area contributed by atoms with Crippen molar-refractivity contribution in [1.29, 1.82) is 5.26 Å². The van der Waals surface area contributed by atoms with E-state index in [1.54, 1.807) is 56.8 Å². The highest BCUT2D eigenvalue weighted by atomic mass is 19.4. The molecule has 1 heterocycles. The lowest BCUT2D eigenvalue weighted by Crippen LogP contribution is -2.29. The molecule has 1 aromatic heterocycles. The Bertz CT molecular complexity index is 1370. The molecule has 0 aliphatic carbocycles. The van der Waals surface area contributed by atoms with Gasteiger partial charge >= 0.3 is 6.18 Å². The number of aromatic nitrogens is 2. The van der Waals surface area contributed by atoms with Crippen molar-refractivity contribution in [2.24, 2.45) is 18.6 Å².